The number of hydrogen-bond donors (Lipinski definition) is 5. The van der Waals surface area contributed by atoms with Gasteiger partial charge in [-0.1, -0.05) is 6.42 Å². The summed E-state index contributed by atoms with van der Waals surface area (Å²) in [6.45, 7) is 5.61. The maximum Gasteiger partial charge on any atom is 0.305 e. The van der Waals surface area contributed by atoms with Crippen LogP contribution in [0.15, 0.2) is 0 Å². The minimum Gasteiger partial charge on any atom is -0.481 e. The van der Waals surface area contributed by atoms with E-state index in [0.29, 0.717) is 12.6 Å². The van der Waals surface area contributed by atoms with Crippen LogP contribution >= 0.6 is 0 Å². The Morgan fingerprint density at radius 1 is 1.03 bits per heavy atom. The van der Waals surface area contributed by atoms with E-state index in [4.69, 9.17) is 0 Å². The molecule has 0 aromatic heterocycles. The van der Waals surface area contributed by atoms with E-state index in [1.807, 2.05) is 0 Å². The van der Waals surface area contributed by atoms with E-state index in [-0.39, 0.29) is 36.6 Å². The molecule has 2 amide bonds. The van der Waals surface area contributed by atoms with Crippen molar-refractivity contribution >= 4 is 17.8 Å². The van der Waals surface area contributed by atoms with Gasteiger partial charge in [0.2, 0.25) is 11.8 Å². The first-order valence-electron chi connectivity index (χ1n) is 11.5. The fourth-order valence-electron chi connectivity index (χ4n) is 5.10. The van der Waals surface area contributed by atoms with Gasteiger partial charge in [0.25, 0.3) is 0 Å². The van der Waals surface area contributed by atoms with Crippen LogP contribution in [-0.4, -0.2) is 85.7 Å². The van der Waals surface area contributed by atoms with Crippen LogP contribution in [0.3, 0.4) is 0 Å². The van der Waals surface area contributed by atoms with Crippen LogP contribution in [0.2, 0.25) is 0 Å². The Kier molecular flexibility index (Phi) is 8.89. The Bertz CT molecular complexity index is 590. The molecule has 5 N–H and O–H groups in total. The zero-order valence-electron chi connectivity index (χ0n) is 17.8. The number of nitrogens with one attached hydrogen (secondary N) is 4. The maximum atomic E-state index is 12.7. The summed E-state index contributed by atoms with van der Waals surface area (Å²) in [5, 5.41) is 21.5. The number of aliphatic carboxylic acids is 1. The molecule has 1 saturated carbocycles. The lowest BCUT2D eigenvalue weighted by Gasteiger charge is -2.39. The van der Waals surface area contributed by atoms with Crippen LogP contribution in [0, 0.1) is 11.8 Å². The molecule has 1 aliphatic carbocycles. The summed E-state index contributed by atoms with van der Waals surface area (Å²) in [5.41, 5.74) is 0. The molecule has 0 spiro atoms. The van der Waals surface area contributed by atoms with Crippen molar-refractivity contribution < 1.29 is 19.5 Å². The van der Waals surface area contributed by atoms with Gasteiger partial charge in [-0.15, -0.1) is 0 Å². The van der Waals surface area contributed by atoms with Gasteiger partial charge in [0.1, 0.15) is 0 Å². The average molecular weight is 424 g/mol. The molecule has 0 radical (unpaired) electrons. The molecule has 4 atom stereocenters. The number of carbonyl (C=O) groups is 3. The van der Waals surface area contributed by atoms with Crippen molar-refractivity contribution in [3.05, 3.63) is 0 Å². The molecule has 3 unspecified atom stereocenters. The molecular weight excluding hydrogens is 386 g/mol. The van der Waals surface area contributed by atoms with Gasteiger partial charge in [-0.25, -0.2) is 0 Å². The second-order valence-electron chi connectivity index (χ2n) is 8.90. The number of nitrogens with zero attached hydrogens (tertiary/aromatic N) is 1. The SMILES string of the molecule is O=C(O)C[C@H](NC(=O)CNC(=O)C1CCCC(N2CCNCC2)C1)C1CCCNC1. The molecule has 0 aromatic carbocycles. The van der Waals surface area contributed by atoms with Gasteiger partial charge in [-0.3, -0.25) is 19.3 Å². The molecule has 9 heteroatoms. The molecule has 2 saturated heterocycles. The zero-order chi connectivity index (χ0) is 21.3. The predicted octanol–water partition coefficient (Wildman–Crippen LogP) is -0.474. The van der Waals surface area contributed by atoms with Crippen molar-refractivity contribution in [2.45, 2.75) is 57.0 Å². The summed E-state index contributed by atoms with van der Waals surface area (Å²) >= 11 is 0. The van der Waals surface area contributed by atoms with Gasteiger partial charge >= 0.3 is 5.97 Å². The van der Waals surface area contributed by atoms with Crippen LogP contribution in [-0.2, 0) is 14.4 Å². The molecular formula is C21H37N5O4. The molecule has 2 aliphatic heterocycles. The zero-order valence-corrected chi connectivity index (χ0v) is 17.8. The molecule has 3 aliphatic rings. The first-order valence-corrected chi connectivity index (χ1v) is 11.5. The quantitative estimate of drug-likeness (QED) is 0.358. The summed E-state index contributed by atoms with van der Waals surface area (Å²) in [4.78, 5) is 38.8. The third-order valence-electron chi connectivity index (χ3n) is 6.75. The minimum atomic E-state index is -0.920. The lowest BCUT2D eigenvalue weighted by atomic mass is 9.84. The fraction of sp³-hybridized carbons (Fsp3) is 0.857. The molecule has 0 aromatic rings. The molecule has 3 fully saturated rings. The number of amides is 2. The third-order valence-corrected chi connectivity index (χ3v) is 6.75. The number of piperazine rings is 1. The largest absolute Gasteiger partial charge is 0.481 e. The molecule has 0 bridgehead atoms. The highest BCUT2D eigenvalue weighted by Gasteiger charge is 2.32. The van der Waals surface area contributed by atoms with Gasteiger partial charge < -0.3 is 26.4 Å². The van der Waals surface area contributed by atoms with E-state index < -0.39 is 12.0 Å². The van der Waals surface area contributed by atoms with E-state index in [0.717, 1.165) is 71.2 Å². The molecule has 2 heterocycles. The van der Waals surface area contributed by atoms with Crippen LogP contribution < -0.4 is 21.3 Å². The van der Waals surface area contributed by atoms with Crippen molar-refractivity contribution in [3.63, 3.8) is 0 Å². The lowest BCUT2D eigenvalue weighted by Crippen LogP contribution is -2.52. The summed E-state index contributed by atoms with van der Waals surface area (Å²) in [6, 6.07) is 0.0376. The van der Waals surface area contributed by atoms with E-state index in [9.17, 15) is 19.5 Å². The van der Waals surface area contributed by atoms with Gasteiger partial charge in [-0.05, 0) is 51.1 Å². The Morgan fingerprint density at radius 2 is 1.83 bits per heavy atom. The maximum absolute atomic E-state index is 12.7. The van der Waals surface area contributed by atoms with Gasteiger partial charge in [0, 0.05) is 44.2 Å². The van der Waals surface area contributed by atoms with Gasteiger partial charge in [0.05, 0.1) is 13.0 Å². The summed E-state index contributed by atoms with van der Waals surface area (Å²) in [5.74, 6) is -1.23. The highest BCUT2D eigenvalue weighted by molar-refractivity contribution is 5.86. The van der Waals surface area contributed by atoms with Crippen molar-refractivity contribution in [1.82, 2.24) is 26.2 Å². The van der Waals surface area contributed by atoms with Crippen molar-refractivity contribution in [2.75, 3.05) is 45.8 Å². The topological polar surface area (TPSA) is 123 Å². The van der Waals surface area contributed by atoms with Crippen molar-refractivity contribution in [2.24, 2.45) is 11.8 Å². The van der Waals surface area contributed by atoms with E-state index in [1.165, 1.54) is 0 Å². The minimum absolute atomic E-state index is 0.0520. The first kappa shape index (κ1) is 23.0. The standard InChI is InChI=1S/C21H37N5O4/c27-19(25-18(12-20(28)29)16-4-2-6-23-13-16)14-24-21(30)15-3-1-5-17(11-15)26-9-7-22-8-10-26/h15-18,22-23H,1-14H2,(H,24,30)(H,25,27)(H,28,29)/t15?,16?,17?,18-/m0/s1. The highest BCUT2D eigenvalue weighted by atomic mass is 16.4. The third kappa shape index (κ3) is 6.92. The summed E-state index contributed by atoms with van der Waals surface area (Å²) in [7, 11) is 0. The second kappa shape index (κ2) is 11.6. The van der Waals surface area contributed by atoms with Crippen molar-refractivity contribution in [3.8, 4) is 0 Å². The molecule has 170 valence electrons. The number of hydrogen-bond acceptors (Lipinski definition) is 6. The Hall–Kier alpha value is -1.71. The van der Waals surface area contributed by atoms with Gasteiger partial charge in [-0.2, -0.15) is 0 Å². The number of rotatable bonds is 8. The number of carboxylic acid groups (broad SMARTS) is 1. The second-order valence-corrected chi connectivity index (χ2v) is 8.90. The number of piperidine rings is 1. The lowest BCUT2D eigenvalue weighted by molar-refractivity contribution is -0.138. The van der Waals surface area contributed by atoms with E-state index in [2.05, 4.69) is 26.2 Å². The van der Waals surface area contributed by atoms with Crippen LogP contribution in [0.4, 0.5) is 0 Å². The Balaban J connectivity index is 1.44. The molecule has 9 nitrogen and oxygen atoms in total. The smallest absolute Gasteiger partial charge is 0.305 e. The average Bonchev–Trinajstić information content (AvgIpc) is 2.78. The molecule has 3 rings (SSSR count). The number of carboxylic acids is 1. The normalized spacial score (nSPS) is 29.0. The Labute approximate surface area is 178 Å². The van der Waals surface area contributed by atoms with Crippen molar-refractivity contribution in [1.29, 1.82) is 0 Å². The van der Waals surface area contributed by atoms with Crippen LogP contribution in [0.1, 0.15) is 44.9 Å². The monoisotopic (exact) mass is 423 g/mol. The van der Waals surface area contributed by atoms with Gasteiger partial charge in [0.15, 0.2) is 0 Å². The van der Waals surface area contributed by atoms with E-state index >= 15 is 0 Å². The fourth-order valence-corrected chi connectivity index (χ4v) is 5.10. The van der Waals surface area contributed by atoms with Crippen LogP contribution in [0.25, 0.3) is 0 Å². The Morgan fingerprint density at radius 3 is 2.53 bits per heavy atom. The summed E-state index contributed by atoms with van der Waals surface area (Å²) < 4.78 is 0. The summed E-state index contributed by atoms with van der Waals surface area (Å²) in [6.07, 6.45) is 5.66. The van der Waals surface area contributed by atoms with E-state index in [1.54, 1.807) is 0 Å². The predicted molar refractivity (Wildman–Crippen MR) is 113 cm³/mol. The van der Waals surface area contributed by atoms with Crippen LogP contribution in [0.5, 0.6) is 0 Å². The first-order chi connectivity index (χ1) is 14.5. The number of carbonyl (C=O) groups excluding carboxylic acids is 2. The molecule has 30 heavy (non-hydrogen) atoms. The highest BCUT2D eigenvalue weighted by Crippen LogP contribution is 2.28.